The number of likely N-dealkylation sites (tertiary alicyclic amines) is 2. The number of carbonyl (C=O) groups is 3. The molecule has 8 rings (SSSR count). The molecule has 0 radical (unpaired) electrons. The van der Waals surface area contributed by atoms with Gasteiger partial charge in [0.25, 0.3) is 0 Å². The van der Waals surface area contributed by atoms with Gasteiger partial charge in [0, 0.05) is 62.6 Å². The van der Waals surface area contributed by atoms with Gasteiger partial charge in [0.15, 0.2) is 0 Å². The number of fused-ring (bicyclic) bond motifs is 1. The average Bonchev–Trinajstić information content (AvgIpc) is 4.14. The maximum atomic E-state index is 14.1. The highest BCUT2D eigenvalue weighted by atomic mass is 19.1. The van der Waals surface area contributed by atoms with Gasteiger partial charge in [-0.05, 0) is 104 Å². The number of hydrogen-bond acceptors (Lipinski definition) is 9. The number of ether oxygens (including phenoxy) is 3. The summed E-state index contributed by atoms with van der Waals surface area (Å²) < 4.78 is 33.1. The van der Waals surface area contributed by atoms with Crippen molar-refractivity contribution in [3.63, 3.8) is 0 Å². The van der Waals surface area contributed by atoms with E-state index in [1.165, 1.54) is 5.56 Å². The summed E-state index contributed by atoms with van der Waals surface area (Å²) in [6.45, 7) is 4.09. The Morgan fingerprint density at radius 2 is 1.79 bits per heavy atom. The van der Waals surface area contributed by atoms with Gasteiger partial charge in [-0.1, -0.05) is 42.5 Å². The molecule has 0 aliphatic carbocycles. The van der Waals surface area contributed by atoms with E-state index >= 15 is 0 Å². The van der Waals surface area contributed by atoms with Crippen molar-refractivity contribution in [1.29, 1.82) is 0 Å². The van der Waals surface area contributed by atoms with Crippen LogP contribution >= 0.6 is 0 Å². The fraction of sp³-hybridized carbons (Fsp3) is 0.429. The Kier molecular flexibility index (Phi) is 16.2. The number of rotatable bonds is 20. The number of aliphatic imine (C=N–C) groups is 1. The first kappa shape index (κ1) is 46.5. The summed E-state index contributed by atoms with van der Waals surface area (Å²) >= 11 is 0. The van der Waals surface area contributed by atoms with Gasteiger partial charge in [-0.2, -0.15) is 0 Å². The molecule has 2 unspecified atom stereocenters. The fourth-order valence-electron chi connectivity index (χ4n) is 9.36. The maximum absolute atomic E-state index is 14.1. The smallest absolute Gasteiger partial charge is 0.448 e. The summed E-state index contributed by atoms with van der Waals surface area (Å²) in [5, 5.41) is 19.4. The molecule has 5 N–H and O–H groups in total. The lowest BCUT2D eigenvalue weighted by Gasteiger charge is -2.44. The first-order chi connectivity index (χ1) is 32.3. The summed E-state index contributed by atoms with van der Waals surface area (Å²) in [7, 11) is -0.684. The minimum absolute atomic E-state index is 0.0266. The highest BCUT2D eigenvalue weighted by Gasteiger charge is 2.39. The van der Waals surface area contributed by atoms with Crippen molar-refractivity contribution in [2.45, 2.75) is 62.8 Å². The van der Waals surface area contributed by atoms with Crippen LogP contribution in [0.4, 0.5) is 9.11 Å². The fourth-order valence-corrected chi connectivity index (χ4v) is 9.36. The Morgan fingerprint density at radius 1 is 0.955 bits per heavy atom. The molecule has 66 heavy (non-hydrogen) atoms. The molecule has 6 heterocycles. The molecule has 2 aromatic carbocycles. The molecule has 0 saturated carbocycles. The van der Waals surface area contributed by atoms with Crippen molar-refractivity contribution >= 4 is 37.3 Å². The molecule has 17 heteroatoms. The number of aromatic nitrogens is 2. The molecule has 0 bridgehead atoms. The second kappa shape index (κ2) is 22.9. The standard InChI is InChI=1S/C49H60BFN8O7/c51-50-59-38(12-13-39(59)31-37-11-15-42(55-37)41-10-5-21-52-41)14-16-45(60)53-22-28-64-27-20-46(61)54-23-29-65-40-9-4-8-36(30-40)48(34-6-2-1-3-7-34)35-17-24-57(25-18-35)49(63)58-26-19-44-43(32-58)56-47(62)33-66-44/h1-13,15,21,30-31,35,43-45,48,50,52-53,60H,14,16-20,22-29,32-33H2,(H,54,61)(H,56,62)/b37-31-/t43-,44?,45?,48-/m1/s1. The lowest BCUT2D eigenvalue weighted by atomic mass is 9.76. The monoisotopic (exact) mass is 902 g/mol. The molecule has 15 nitrogen and oxygen atoms in total. The number of aryl methyl sites for hydroxylation is 1. The molecule has 3 fully saturated rings. The van der Waals surface area contributed by atoms with Crippen LogP contribution in [0.25, 0.3) is 6.08 Å². The number of benzene rings is 2. The van der Waals surface area contributed by atoms with Gasteiger partial charge >= 0.3 is 13.7 Å². The first-order valence-corrected chi connectivity index (χ1v) is 23.2. The Morgan fingerprint density at radius 3 is 2.61 bits per heavy atom. The topological polar surface area (TPSA) is 175 Å². The minimum Gasteiger partial charge on any atom is -0.492 e. The zero-order valence-corrected chi connectivity index (χ0v) is 37.3. The lowest BCUT2D eigenvalue weighted by Crippen LogP contribution is -2.62. The van der Waals surface area contributed by atoms with Crippen LogP contribution in [0.2, 0.25) is 0 Å². The van der Waals surface area contributed by atoms with E-state index in [9.17, 15) is 23.8 Å². The largest absolute Gasteiger partial charge is 0.492 e. The number of halogens is 1. The van der Waals surface area contributed by atoms with Gasteiger partial charge in [0.05, 0.1) is 49.0 Å². The molecule has 4 amide bonds. The van der Waals surface area contributed by atoms with Gasteiger partial charge in [-0.25, -0.2) is 9.79 Å². The van der Waals surface area contributed by atoms with Crippen LogP contribution in [0.3, 0.4) is 0 Å². The van der Waals surface area contributed by atoms with E-state index in [0.717, 1.165) is 47.0 Å². The van der Waals surface area contributed by atoms with E-state index in [1.54, 1.807) is 4.48 Å². The van der Waals surface area contributed by atoms with Crippen molar-refractivity contribution in [2.75, 3.05) is 65.7 Å². The normalized spacial score (nSPS) is 20.1. The van der Waals surface area contributed by atoms with E-state index in [4.69, 9.17) is 14.2 Å². The van der Waals surface area contributed by atoms with Crippen LogP contribution in [0.5, 0.6) is 5.75 Å². The number of hydrogen-bond donors (Lipinski definition) is 5. The average molecular weight is 903 g/mol. The number of carbonyl (C=O) groups excluding carboxylic acids is 3. The summed E-state index contributed by atoms with van der Waals surface area (Å²) in [5.41, 5.74) is 6.33. The molecule has 4 aliphatic rings. The number of H-pyrrole nitrogens is 1. The minimum atomic E-state index is -0.799. The van der Waals surface area contributed by atoms with E-state index in [1.807, 2.05) is 76.7 Å². The molecule has 348 valence electrons. The number of aliphatic hydroxyl groups excluding tert-OH is 1. The quantitative estimate of drug-likeness (QED) is 0.0496. The molecule has 0 spiro atoms. The molecule has 4 aromatic rings. The van der Waals surface area contributed by atoms with Crippen LogP contribution in [0, 0.1) is 5.92 Å². The van der Waals surface area contributed by atoms with E-state index in [-0.39, 0.29) is 55.5 Å². The molecule has 4 aliphatic heterocycles. The van der Waals surface area contributed by atoms with E-state index in [2.05, 4.69) is 62.3 Å². The zero-order valence-electron chi connectivity index (χ0n) is 37.3. The van der Waals surface area contributed by atoms with Crippen LogP contribution in [0.1, 0.15) is 66.2 Å². The van der Waals surface area contributed by atoms with E-state index in [0.29, 0.717) is 83.4 Å². The van der Waals surface area contributed by atoms with Crippen LogP contribution in [-0.4, -0.2) is 140 Å². The van der Waals surface area contributed by atoms with Crippen molar-refractivity contribution in [1.82, 2.24) is 35.2 Å². The summed E-state index contributed by atoms with van der Waals surface area (Å²) in [6.07, 6.45) is 10.2. The highest BCUT2D eigenvalue weighted by molar-refractivity contribution is 6.25. The third kappa shape index (κ3) is 12.3. The third-order valence-electron chi connectivity index (χ3n) is 12.8. The molecule has 3 saturated heterocycles. The van der Waals surface area contributed by atoms with Gasteiger partial charge in [0.2, 0.25) is 11.8 Å². The van der Waals surface area contributed by atoms with Crippen molar-refractivity contribution in [3.8, 4) is 5.75 Å². The van der Waals surface area contributed by atoms with Crippen LogP contribution in [0.15, 0.2) is 108 Å². The van der Waals surface area contributed by atoms with E-state index < -0.39 is 13.9 Å². The molecule has 2 aromatic heterocycles. The molecular weight excluding hydrogens is 842 g/mol. The zero-order chi connectivity index (χ0) is 45.7. The number of piperidine rings is 2. The van der Waals surface area contributed by atoms with Crippen LogP contribution in [-0.2, 0) is 25.5 Å². The Labute approximate surface area is 385 Å². The van der Waals surface area contributed by atoms with Crippen molar-refractivity contribution in [2.24, 2.45) is 10.9 Å². The first-order valence-electron chi connectivity index (χ1n) is 23.2. The number of nitrogens with one attached hydrogen (secondary N) is 4. The highest BCUT2D eigenvalue weighted by Crippen LogP contribution is 2.39. The van der Waals surface area contributed by atoms with Gasteiger partial charge in [-0.3, -0.25) is 14.9 Å². The van der Waals surface area contributed by atoms with Gasteiger partial charge in [-0.15, -0.1) is 0 Å². The Balaban J connectivity index is 0.712. The van der Waals surface area contributed by atoms with Gasteiger partial charge < -0.3 is 53.5 Å². The predicted octanol–water partition coefficient (Wildman–Crippen LogP) is 4.30. The lowest BCUT2D eigenvalue weighted by molar-refractivity contribution is -0.139. The summed E-state index contributed by atoms with van der Waals surface area (Å²) in [5.74, 6) is 0.889. The number of urea groups is 1. The number of aromatic amines is 1. The summed E-state index contributed by atoms with van der Waals surface area (Å²) in [6, 6.07) is 26.1. The number of aliphatic hydroxyl groups is 1. The van der Waals surface area contributed by atoms with Gasteiger partial charge in [0.1, 0.15) is 25.2 Å². The second-order valence-corrected chi connectivity index (χ2v) is 17.2. The maximum Gasteiger partial charge on any atom is 0.448 e. The second-order valence-electron chi connectivity index (χ2n) is 17.2. The predicted molar refractivity (Wildman–Crippen MR) is 251 cm³/mol. The summed E-state index contributed by atoms with van der Waals surface area (Å²) in [4.78, 5) is 49.6. The number of allylic oxidation sites excluding steroid dienone is 2. The van der Waals surface area contributed by atoms with Crippen molar-refractivity contribution < 1.29 is 38.0 Å². The number of amides is 4. The van der Waals surface area contributed by atoms with Crippen LogP contribution < -0.4 is 20.7 Å². The molecule has 4 atom stereocenters. The Hall–Kier alpha value is -6.01. The Bertz CT molecular complexity index is 2330. The number of nitrogens with zero attached hydrogens (tertiary/aromatic N) is 4. The molecular formula is C49H60BFN8O7. The SMILES string of the molecule is O=C(CCOCCNC(O)CCc1ccc(/C=C2/C=CC(c3ccc[nH]3)=N2)n1BF)NCCOc1cccc([C@H](c2ccccc2)C2CCN(C(=O)N3CCC4OCC(=O)N[C@@H]4C3)CC2)c1. The third-order valence-corrected chi connectivity index (χ3v) is 12.8. The van der Waals surface area contributed by atoms with Crippen molar-refractivity contribution in [3.05, 3.63) is 131 Å². The number of morpholine rings is 1.